The third-order valence-corrected chi connectivity index (χ3v) is 12.2. The Morgan fingerprint density at radius 1 is 0.780 bits per heavy atom. The largest absolute Gasteiger partial charge is 0.454 e. The van der Waals surface area contributed by atoms with Gasteiger partial charge >= 0.3 is 0 Å². The van der Waals surface area contributed by atoms with Crippen LogP contribution < -0.4 is 14.9 Å². The lowest BCUT2D eigenvalue weighted by Gasteiger charge is -2.24. The highest BCUT2D eigenvalue weighted by molar-refractivity contribution is 7.00. The van der Waals surface area contributed by atoms with Gasteiger partial charge in [-0.3, -0.25) is 0 Å². The lowest BCUT2D eigenvalue weighted by atomic mass is 9.95. The average Bonchev–Trinajstić information content (AvgIpc) is 3.36. The van der Waals surface area contributed by atoms with Crippen molar-refractivity contribution >= 4 is 40.4 Å². The lowest BCUT2D eigenvalue weighted by Crippen LogP contribution is -2.52. The number of hydrogen-bond donors (Lipinski definition) is 0. The van der Waals surface area contributed by atoms with Crippen molar-refractivity contribution in [2.45, 2.75) is 39.8 Å². The maximum absolute atomic E-state index is 10.2. The molecule has 4 heteroatoms. The van der Waals surface area contributed by atoms with Gasteiger partial charge in [0.1, 0.15) is 26.3 Å². The van der Waals surface area contributed by atoms with Gasteiger partial charge in [-0.1, -0.05) is 104 Å². The molecule has 0 aliphatic carbocycles. The van der Waals surface area contributed by atoms with Crippen LogP contribution in [0.4, 0.5) is 0 Å². The fraction of sp³-hybridized carbons (Fsp3) is 0.189. The predicted octanol–water partition coefficient (Wildman–Crippen LogP) is 7.87. The number of aryl methyl sites for hydroxylation is 2. The van der Waals surface area contributed by atoms with Crippen molar-refractivity contribution in [3.63, 3.8) is 0 Å². The van der Waals surface area contributed by atoms with Gasteiger partial charge in [0.15, 0.2) is 6.20 Å². The maximum Gasteiger partial charge on any atom is 0.216 e. The Morgan fingerprint density at radius 2 is 1.41 bits per heavy atom. The van der Waals surface area contributed by atoms with Crippen LogP contribution in [-0.2, 0) is 7.05 Å². The number of benzene rings is 4. The first-order valence-electron chi connectivity index (χ1n) is 14.3. The molecule has 2 aromatic heterocycles. The third kappa shape index (κ3) is 4.47. The Labute approximate surface area is 243 Å². The minimum atomic E-state index is -1.84. The number of nitriles is 1. The van der Waals surface area contributed by atoms with Crippen molar-refractivity contribution in [1.82, 2.24) is 0 Å². The average molecular weight is 552 g/mol. The summed E-state index contributed by atoms with van der Waals surface area (Å²) in [5, 5.41) is 15.0. The van der Waals surface area contributed by atoms with Gasteiger partial charge in [-0.05, 0) is 41.7 Å². The smallest absolute Gasteiger partial charge is 0.216 e. The number of rotatable bonds is 5. The van der Waals surface area contributed by atoms with Crippen LogP contribution in [0.2, 0.25) is 13.1 Å². The first-order valence-corrected chi connectivity index (χ1v) is 17.3. The van der Waals surface area contributed by atoms with Gasteiger partial charge in [0.25, 0.3) is 0 Å². The molecule has 0 saturated heterocycles. The Bertz CT molecular complexity index is 1960. The summed E-state index contributed by atoms with van der Waals surface area (Å²) in [6, 6.07) is 34.8. The molecule has 0 radical (unpaired) electrons. The van der Waals surface area contributed by atoms with Gasteiger partial charge in [0, 0.05) is 28.5 Å². The second kappa shape index (κ2) is 10.2. The topological polar surface area (TPSA) is 40.8 Å². The molecule has 3 nitrogen and oxygen atoms in total. The van der Waals surface area contributed by atoms with Crippen LogP contribution in [-0.4, -0.2) is 8.07 Å². The molecule has 6 rings (SSSR count). The third-order valence-electron chi connectivity index (χ3n) is 8.63. The summed E-state index contributed by atoms with van der Waals surface area (Å²) >= 11 is 0. The van der Waals surface area contributed by atoms with Crippen LogP contribution >= 0.6 is 0 Å². The molecule has 4 aromatic carbocycles. The summed E-state index contributed by atoms with van der Waals surface area (Å²) in [5.74, 6) is 0.424. The molecule has 0 saturated carbocycles. The van der Waals surface area contributed by atoms with Gasteiger partial charge < -0.3 is 4.42 Å². The van der Waals surface area contributed by atoms with E-state index >= 15 is 0 Å². The van der Waals surface area contributed by atoms with Crippen molar-refractivity contribution in [2.75, 3.05) is 0 Å². The molecule has 0 fully saturated rings. The monoisotopic (exact) mass is 551 g/mol. The summed E-state index contributed by atoms with van der Waals surface area (Å²) in [4.78, 5) is 0. The number of hydrogen-bond acceptors (Lipinski definition) is 2. The van der Waals surface area contributed by atoms with Crippen LogP contribution in [0.15, 0.2) is 102 Å². The Hall–Kier alpha value is -4.46. The second-order valence-electron chi connectivity index (χ2n) is 11.9. The summed E-state index contributed by atoms with van der Waals surface area (Å²) in [6.07, 6.45) is 2.13. The highest BCUT2D eigenvalue weighted by atomic mass is 28.3. The minimum Gasteiger partial charge on any atom is -0.454 e. The quantitative estimate of drug-likeness (QED) is 0.162. The SMILES string of the molecule is Cc1ccc2c(oc3c(-c4ccc([Si](C)(C)c5ccccc5)cc4)c(C#N)ccc32)c1-c1cc(C(C)C)cc[n+]1C. The number of pyridine rings is 1. The molecule has 0 bridgehead atoms. The van der Waals surface area contributed by atoms with Crippen LogP contribution in [0.1, 0.15) is 36.5 Å². The molecule has 0 amide bonds. The van der Waals surface area contributed by atoms with Gasteiger partial charge in [0.05, 0.1) is 17.2 Å². The zero-order chi connectivity index (χ0) is 28.9. The number of fused-ring (bicyclic) bond motifs is 3. The molecule has 0 aliphatic rings. The maximum atomic E-state index is 10.2. The Balaban J connectivity index is 1.56. The first-order chi connectivity index (χ1) is 19.7. The molecule has 0 unspecified atom stereocenters. The minimum absolute atomic E-state index is 0.424. The second-order valence-corrected chi connectivity index (χ2v) is 16.3. The summed E-state index contributed by atoms with van der Waals surface area (Å²) < 4.78 is 8.98. The van der Waals surface area contributed by atoms with Crippen molar-refractivity contribution in [3.05, 3.63) is 114 Å². The van der Waals surface area contributed by atoms with Gasteiger partial charge in [-0.15, -0.1) is 0 Å². The molecule has 202 valence electrons. The van der Waals surface area contributed by atoms with E-state index in [0.717, 1.165) is 49.9 Å². The number of nitrogens with zero attached hydrogens (tertiary/aromatic N) is 2. The van der Waals surface area contributed by atoms with Crippen LogP contribution in [0.25, 0.3) is 44.3 Å². The van der Waals surface area contributed by atoms with Crippen molar-refractivity contribution in [3.8, 4) is 28.5 Å². The number of aromatic nitrogens is 1. The van der Waals surface area contributed by atoms with E-state index in [-0.39, 0.29) is 0 Å². The van der Waals surface area contributed by atoms with Gasteiger partial charge in [-0.25, -0.2) is 4.57 Å². The molecule has 0 atom stereocenters. The Morgan fingerprint density at radius 3 is 2.07 bits per heavy atom. The molecule has 41 heavy (non-hydrogen) atoms. The summed E-state index contributed by atoms with van der Waals surface area (Å²) in [5.41, 5.74) is 8.77. The van der Waals surface area contributed by atoms with E-state index in [1.54, 1.807) is 0 Å². The molecule has 6 aromatic rings. The van der Waals surface area contributed by atoms with Crippen LogP contribution in [0.5, 0.6) is 0 Å². The van der Waals surface area contributed by atoms with E-state index < -0.39 is 8.07 Å². The normalized spacial score (nSPS) is 11.9. The fourth-order valence-corrected chi connectivity index (χ4v) is 8.33. The molecule has 2 heterocycles. The first kappa shape index (κ1) is 26.7. The van der Waals surface area contributed by atoms with Gasteiger partial charge in [-0.2, -0.15) is 5.26 Å². The molecular weight excluding hydrogens is 517 g/mol. The van der Waals surface area contributed by atoms with Crippen molar-refractivity contribution in [1.29, 1.82) is 5.26 Å². The Kier molecular flexibility index (Phi) is 6.64. The highest BCUT2D eigenvalue weighted by Gasteiger charge is 2.27. The van der Waals surface area contributed by atoms with E-state index in [4.69, 9.17) is 4.42 Å². The summed E-state index contributed by atoms with van der Waals surface area (Å²) in [6.45, 7) is 11.4. The van der Waals surface area contributed by atoms with E-state index in [1.807, 2.05) is 12.1 Å². The lowest BCUT2D eigenvalue weighted by molar-refractivity contribution is -0.660. The zero-order valence-electron chi connectivity index (χ0n) is 24.6. The highest BCUT2D eigenvalue weighted by Crippen LogP contribution is 2.42. The van der Waals surface area contributed by atoms with Crippen LogP contribution in [0, 0.1) is 18.3 Å². The van der Waals surface area contributed by atoms with E-state index in [2.05, 4.69) is 137 Å². The van der Waals surface area contributed by atoms with E-state index in [0.29, 0.717) is 11.5 Å². The number of furan rings is 1. The fourth-order valence-electron chi connectivity index (χ4n) is 5.97. The predicted molar refractivity (Wildman–Crippen MR) is 173 cm³/mol. The molecule has 0 spiro atoms. The molecular formula is C37H35N2OSi+. The molecule has 0 aliphatic heterocycles. The summed E-state index contributed by atoms with van der Waals surface area (Å²) in [7, 11) is 0.243. The standard InChI is InChI=1S/C37H35N2OSi/c1-24(2)27-20-21-39(4)33(22-27)34-25(3)12-18-31-32-19-15-28(23-38)35(37(32)40-36(31)34)26-13-16-30(17-14-26)41(5,6)29-10-8-7-9-11-29/h7-22,24H,1-6H3/q+1. The van der Waals surface area contributed by atoms with Crippen LogP contribution in [0.3, 0.4) is 0 Å². The van der Waals surface area contributed by atoms with Crippen molar-refractivity contribution in [2.24, 2.45) is 7.05 Å². The van der Waals surface area contributed by atoms with Gasteiger partial charge in [0.2, 0.25) is 5.69 Å². The van der Waals surface area contributed by atoms with E-state index in [9.17, 15) is 5.26 Å². The molecule has 0 N–H and O–H groups in total. The van der Waals surface area contributed by atoms with Crippen molar-refractivity contribution < 1.29 is 8.98 Å². The zero-order valence-corrected chi connectivity index (χ0v) is 25.6. The van der Waals surface area contributed by atoms with E-state index in [1.165, 1.54) is 15.9 Å².